The van der Waals surface area contributed by atoms with Gasteiger partial charge in [-0.25, -0.2) is 4.98 Å². The fourth-order valence-corrected chi connectivity index (χ4v) is 3.10. The van der Waals surface area contributed by atoms with Crippen LogP contribution in [0.1, 0.15) is 29.9 Å². The van der Waals surface area contributed by atoms with Crippen molar-refractivity contribution in [2.45, 2.75) is 20.8 Å². The first-order valence-corrected chi connectivity index (χ1v) is 8.26. The number of amides is 2. The third kappa shape index (κ3) is 2.86. The Morgan fingerprint density at radius 1 is 1.12 bits per heavy atom. The Labute approximate surface area is 141 Å². The van der Waals surface area contributed by atoms with E-state index in [9.17, 15) is 9.59 Å². The van der Waals surface area contributed by atoms with E-state index in [2.05, 4.69) is 10.1 Å². The fraction of sp³-hybridized carbons (Fsp3) is 0.529. The van der Waals surface area contributed by atoms with Crippen molar-refractivity contribution in [3.63, 3.8) is 0 Å². The van der Waals surface area contributed by atoms with E-state index in [1.807, 2.05) is 38.8 Å². The lowest BCUT2D eigenvalue weighted by Crippen LogP contribution is -2.51. The summed E-state index contributed by atoms with van der Waals surface area (Å²) in [5.41, 5.74) is 2.21. The van der Waals surface area contributed by atoms with Crippen molar-refractivity contribution in [1.82, 2.24) is 24.6 Å². The number of hydrogen-bond acceptors (Lipinski definition) is 4. The maximum Gasteiger partial charge on any atom is 0.255 e. The van der Waals surface area contributed by atoms with Crippen LogP contribution in [0.4, 0.5) is 0 Å². The largest absolute Gasteiger partial charge is 0.339 e. The highest BCUT2D eigenvalue weighted by Gasteiger charge is 2.26. The van der Waals surface area contributed by atoms with Crippen molar-refractivity contribution in [3.05, 3.63) is 23.5 Å². The zero-order valence-corrected chi connectivity index (χ0v) is 14.6. The first-order chi connectivity index (χ1) is 11.4. The zero-order chi connectivity index (χ0) is 17.4. The van der Waals surface area contributed by atoms with Crippen molar-refractivity contribution in [3.8, 4) is 0 Å². The highest BCUT2D eigenvalue weighted by Crippen LogP contribution is 2.18. The summed E-state index contributed by atoms with van der Waals surface area (Å²) >= 11 is 0. The predicted molar refractivity (Wildman–Crippen MR) is 90.6 cm³/mol. The average Bonchev–Trinajstić information content (AvgIpc) is 2.87. The molecular weight excluding hydrogens is 306 g/mol. The number of fused-ring (bicyclic) bond motifs is 1. The first kappa shape index (κ1) is 16.4. The van der Waals surface area contributed by atoms with Gasteiger partial charge in [-0.2, -0.15) is 5.10 Å². The van der Waals surface area contributed by atoms with E-state index in [-0.39, 0.29) is 17.7 Å². The van der Waals surface area contributed by atoms with Gasteiger partial charge in [-0.1, -0.05) is 13.8 Å². The lowest BCUT2D eigenvalue weighted by atomic mass is 10.1. The van der Waals surface area contributed by atoms with Gasteiger partial charge in [0.25, 0.3) is 5.91 Å². The topological polar surface area (TPSA) is 71.3 Å². The van der Waals surface area contributed by atoms with Gasteiger partial charge in [0.1, 0.15) is 0 Å². The summed E-state index contributed by atoms with van der Waals surface area (Å²) in [5.74, 6) is 0.105. The Bertz CT molecular complexity index is 788. The summed E-state index contributed by atoms with van der Waals surface area (Å²) in [6, 6.07) is 1.86. The van der Waals surface area contributed by atoms with E-state index < -0.39 is 0 Å². The third-order valence-electron chi connectivity index (χ3n) is 4.48. The van der Waals surface area contributed by atoms with E-state index in [1.165, 1.54) is 0 Å². The molecule has 3 heterocycles. The SMILES string of the molecule is Cc1nn(C)c2ncc(C(=O)N3CCN(C(=O)C(C)C)CC3)cc12. The van der Waals surface area contributed by atoms with E-state index >= 15 is 0 Å². The molecule has 1 aliphatic heterocycles. The predicted octanol–water partition coefficient (Wildman–Crippen LogP) is 1.22. The molecule has 7 nitrogen and oxygen atoms in total. The fourth-order valence-electron chi connectivity index (χ4n) is 3.10. The number of piperazine rings is 1. The molecule has 0 aromatic carbocycles. The number of aryl methyl sites for hydroxylation is 2. The lowest BCUT2D eigenvalue weighted by Gasteiger charge is -2.35. The number of carbonyl (C=O) groups excluding carboxylic acids is 2. The van der Waals surface area contributed by atoms with Crippen LogP contribution in [0.5, 0.6) is 0 Å². The monoisotopic (exact) mass is 329 g/mol. The molecule has 7 heteroatoms. The van der Waals surface area contributed by atoms with Gasteiger partial charge < -0.3 is 9.80 Å². The Morgan fingerprint density at radius 3 is 2.38 bits per heavy atom. The molecule has 0 N–H and O–H groups in total. The second-order valence-corrected chi connectivity index (χ2v) is 6.58. The summed E-state index contributed by atoms with van der Waals surface area (Å²) < 4.78 is 1.72. The molecule has 0 radical (unpaired) electrons. The van der Waals surface area contributed by atoms with Gasteiger partial charge in [0.05, 0.1) is 11.3 Å². The van der Waals surface area contributed by atoms with Crippen LogP contribution < -0.4 is 0 Å². The maximum atomic E-state index is 12.7. The van der Waals surface area contributed by atoms with Crippen LogP contribution in [0.2, 0.25) is 0 Å². The Balaban J connectivity index is 1.74. The van der Waals surface area contributed by atoms with Crippen molar-refractivity contribution in [2.24, 2.45) is 13.0 Å². The molecule has 1 fully saturated rings. The van der Waals surface area contributed by atoms with Crippen LogP contribution >= 0.6 is 0 Å². The molecule has 1 aliphatic rings. The smallest absolute Gasteiger partial charge is 0.255 e. The summed E-state index contributed by atoms with van der Waals surface area (Å²) in [5, 5.41) is 5.23. The molecule has 0 saturated carbocycles. The second-order valence-electron chi connectivity index (χ2n) is 6.58. The van der Waals surface area contributed by atoms with E-state index in [4.69, 9.17) is 0 Å². The Morgan fingerprint density at radius 2 is 1.75 bits per heavy atom. The second kappa shape index (κ2) is 6.22. The molecule has 0 bridgehead atoms. The molecule has 0 atom stereocenters. The number of aromatic nitrogens is 3. The van der Waals surface area contributed by atoms with Gasteiger partial charge in [0, 0.05) is 50.7 Å². The van der Waals surface area contributed by atoms with Gasteiger partial charge in [-0.3, -0.25) is 14.3 Å². The number of carbonyl (C=O) groups is 2. The molecule has 128 valence electrons. The molecular formula is C17H23N5O2. The first-order valence-electron chi connectivity index (χ1n) is 8.26. The summed E-state index contributed by atoms with van der Waals surface area (Å²) in [6.07, 6.45) is 1.61. The third-order valence-corrected chi connectivity index (χ3v) is 4.48. The molecule has 0 spiro atoms. The van der Waals surface area contributed by atoms with E-state index in [0.29, 0.717) is 31.7 Å². The standard InChI is InChI=1S/C17H23N5O2/c1-11(2)16(23)21-5-7-22(8-6-21)17(24)13-9-14-12(3)19-20(4)15(14)18-10-13/h9-11H,5-8H2,1-4H3. The summed E-state index contributed by atoms with van der Waals surface area (Å²) in [4.78, 5) is 32.8. The van der Waals surface area contributed by atoms with Crippen LogP contribution in [0, 0.1) is 12.8 Å². The minimum atomic E-state index is -0.0377. The van der Waals surface area contributed by atoms with Crippen LogP contribution in [-0.2, 0) is 11.8 Å². The van der Waals surface area contributed by atoms with Gasteiger partial charge >= 0.3 is 0 Å². The van der Waals surface area contributed by atoms with Gasteiger partial charge in [-0.15, -0.1) is 0 Å². The van der Waals surface area contributed by atoms with Crippen LogP contribution in [0.3, 0.4) is 0 Å². The molecule has 24 heavy (non-hydrogen) atoms. The highest BCUT2D eigenvalue weighted by molar-refractivity contribution is 5.97. The molecule has 3 rings (SSSR count). The molecule has 0 unspecified atom stereocenters. The Hall–Kier alpha value is -2.44. The van der Waals surface area contributed by atoms with E-state index in [0.717, 1.165) is 16.7 Å². The van der Waals surface area contributed by atoms with Crippen molar-refractivity contribution in [2.75, 3.05) is 26.2 Å². The molecule has 1 saturated heterocycles. The minimum Gasteiger partial charge on any atom is -0.339 e. The average molecular weight is 329 g/mol. The number of hydrogen-bond donors (Lipinski definition) is 0. The minimum absolute atomic E-state index is 0.00702. The van der Waals surface area contributed by atoms with Crippen molar-refractivity contribution >= 4 is 22.8 Å². The van der Waals surface area contributed by atoms with Crippen LogP contribution in [0.25, 0.3) is 11.0 Å². The molecule has 2 aromatic heterocycles. The molecule has 2 aromatic rings. The molecule has 2 amide bonds. The van der Waals surface area contributed by atoms with Crippen LogP contribution in [0.15, 0.2) is 12.3 Å². The highest BCUT2D eigenvalue weighted by atomic mass is 16.2. The van der Waals surface area contributed by atoms with Crippen molar-refractivity contribution in [1.29, 1.82) is 0 Å². The van der Waals surface area contributed by atoms with Gasteiger partial charge in [-0.05, 0) is 13.0 Å². The van der Waals surface area contributed by atoms with Crippen molar-refractivity contribution < 1.29 is 9.59 Å². The summed E-state index contributed by atoms with van der Waals surface area (Å²) in [7, 11) is 1.84. The number of pyridine rings is 1. The number of nitrogens with zero attached hydrogens (tertiary/aromatic N) is 5. The lowest BCUT2D eigenvalue weighted by molar-refractivity contribution is -0.135. The number of rotatable bonds is 2. The molecule has 0 aliphatic carbocycles. The maximum absolute atomic E-state index is 12.7. The Kier molecular flexibility index (Phi) is 4.26. The van der Waals surface area contributed by atoms with E-state index in [1.54, 1.807) is 15.8 Å². The quantitative estimate of drug-likeness (QED) is 0.830. The zero-order valence-electron chi connectivity index (χ0n) is 14.6. The van der Waals surface area contributed by atoms with Gasteiger partial charge in [0.15, 0.2) is 5.65 Å². The van der Waals surface area contributed by atoms with Gasteiger partial charge in [0.2, 0.25) is 5.91 Å². The summed E-state index contributed by atoms with van der Waals surface area (Å²) in [6.45, 7) is 8.00. The normalized spacial score (nSPS) is 15.4. The van der Waals surface area contributed by atoms with Crippen LogP contribution in [-0.4, -0.2) is 62.6 Å².